The lowest BCUT2D eigenvalue weighted by Gasteiger charge is -2.46. The van der Waals surface area contributed by atoms with Crippen molar-refractivity contribution in [3.63, 3.8) is 0 Å². The van der Waals surface area contributed by atoms with Crippen LogP contribution in [0.3, 0.4) is 0 Å². The Bertz CT molecular complexity index is 905. The van der Waals surface area contributed by atoms with Gasteiger partial charge in [0.2, 0.25) is 5.92 Å². The van der Waals surface area contributed by atoms with Crippen LogP contribution in [0.25, 0.3) is 0 Å². The molecule has 13 heteroatoms. The van der Waals surface area contributed by atoms with Gasteiger partial charge in [0, 0.05) is 18.1 Å². The number of hydrogen-bond acceptors (Lipinski definition) is 8. The quantitative estimate of drug-likeness (QED) is 0.415. The second-order valence-electron chi connectivity index (χ2n) is 8.98. The largest absolute Gasteiger partial charge is 0.394 e. The fourth-order valence-electron chi connectivity index (χ4n) is 4.78. The summed E-state index contributed by atoms with van der Waals surface area (Å²) in [6.45, 7) is 0.996. The van der Waals surface area contributed by atoms with E-state index in [0.29, 0.717) is 12.8 Å². The van der Waals surface area contributed by atoms with Crippen molar-refractivity contribution in [1.29, 1.82) is 0 Å². The highest BCUT2D eigenvalue weighted by Crippen LogP contribution is 2.44. The molecule has 8 atom stereocenters. The molecule has 190 valence electrons. The fourth-order valence-corrected chi connectivity index (χ4v) is 6.34. The van der Waals surface area contributed by atoms with Crippen LogP contribution in [0.15, 0.2) is 22.5 Å². The van der Waals surface area contributed by atoms with Crippen molar-refractivity contribution in [2.24, 2.45) is 10.3 Å². The fraction of sp³-hybridized carbons (Fsp3) is 0.714. The Morgan fingerprint density at radius 1 is 1.18 bits per heavy atom. The molecule has 4 rings (SSSR count). The lowest BCUT2D eigenvalue weighted by Crippen LogP contribution is -2.64. The predicted molar refractivity (Wildman–Crippen MR) is 112 cm³/mol. The Morgan fingerprint density at radius 2 is 1.85 bits per heavy atom. The molecule has 2 fully saturated rings. The molecule has 0 spiro atoms. The van der Waals surface area contributed by atoms with E-state index in [2.05, 4.69) is 10.3 Å². The van der Waals surface area contributed by atoms with E-state index in [1.54, 1.807) is 6.92 Å². The van der Waals surface area contributed by atoms with Crippen molar-refractivity contribution >= 4 is 11.8 Å². The van der Waals surface area contributed by atoms with Crippen LogP contribution in [0.5, 0.6) is 0 Å². The van der Waals surface area contributed by atoms with Crippen LogP contribution in [-0.4, -0.2) is 73.9 Å². The van der Waals surface area contributed by atoms with Gasteiger partial charge in [0.25, 0.3) is 0 Å². The van der Waals surface area contributed by atoms with Gasteiger partial charge in [-0.05, 0) is 37.5 Å². The molecule has 6 unspecified atom stereocenters. The van der Waals surface area contributed by atoms with Crippen LogP contribution in [0.2, 0.25) is 0 Å². The Hall–Kier alpha value is -1.54. The van der Waals surface area contributed by atoms with Gasteiger partial charge in [-0.3, -0.25) is 5.01 Å². The van der Waals surface area contributed by atoms with E-state index >= 15 is 0 Å². The van der Waals surface area contributed by atoms with Gasteiger partial charge in [-0.1, -0.05) is 5.22 Å². The Kier molecular flexibility index (Phi) is 7.40. The molecule has 3 aliphatic rings. The number of ether oxygens (including phenoxy) is 1. The van der Waals surface area contributed by atoms with E-state index in [-0.39, 0.29) is 18.4 Å². The highest BCUT2D eigenvalue weighted by Gasteiger charge is 2.51. The van der Waals surface area contributed by atoms with Crippen LogP contribution in [0, 0.1) is 17.5 Å². The molecular weight excluding hydrogens is 485 g/mol. The molecular formula is C21H26F5N3O4S. The summed E-state index contributed by atoms with van der Waals surface area (Å²) >= 11 is 1.03. The normalized spacial score (nSPS) is 37.9. The number of benzene rings is 1. The number of nitrogens with zero attached hydrogens (tertiary/aromatic N) is 3. The third kappa shape index (κ3) is 4.90. The zero-order valence-electron chi connectivity index (χ0n) is 18.2. The molecule has 0 radical (unpaired) electrons. The van der Waals surface area contributed by atoms with Gasteiger partial charge in [-0.2, -0.15) is 5.11 Å². The number of aliphatic hydroxyl groups excluding tert-OH is 3. The topological polar surface area (TPSA) is 97.9 Å². The smallest absolute Gasteiger partial charge is 0.249 e. The molecule has 1 aliphatic carbocycles. The van der Waals surface area contributed by atoms with Crippen molar-refractivity contribution in [3.8, 4) is 0 Å². The van der Waals surface area contributed by atoms with Gasteiger partial charge in [0.1, 0.15) is 35.8 Å². The number of alkyl halides is 2. The Balaban J connectivity index is 1.54. The zero-order valence-corrected chi connectivity index (χ0v) is 19.0. The predicted octanol–water partition coefficient (Wildman–Crippen LogP) is 3.34. The summed E-state index contributed by atoms with van der Waals surface area (Å²) in [5, 5.41) is 40.3. The molecule has 2 aliphatic heterocycles. The minimum absolute atomic E-state index is 0.0141. The summed E-state index contributed by atoms with van der Waals surface area (Å²) in [6, 6.07) is -1.19. The first-order valence-electron chi connectivity index (χ1n) is 11.0. The van der Waals surface area contributed by atoms with Crippen molar-refractivity contribution in [3.05, 3.63) is 35.1 Å². The van der Waals surface area contributed by atoms with E-state index in [4.69, 9.17) is 4.74 Å². The maximum absolute atomic E-state index is 13.9. The monoisotopic (exact) mass is 511 g/mol. The number of rotatable bonds is 5. The van der Waals surface area contributed by atoms with Crippen molar-refractivity contribution in [2.45, 2.75) is 85.7 Å². The average Bonchev–Trinajstić information content (AvgIpc) is 3.14. The van der Waals surface area contributed by atoms with E-state index in [0.717, 1.165) is 23.9 Å². The van der Waals surface area contributed by atoms with E-state index in [1.807, 2.05) is 0 Å². The second-order valence-corrected chi connectivity index (χ2v) is 10.4. The lowest BCUT2D eigenvalue weighted by atomic mass is 9.93. The van der Waals surface area contributed by atoms with Crippen LogP contribution >= 0.6 is 11.8 Å². The van der Waals surface area contributed by atoms with Crippen LogP contribution < -0.4 is 0 Å². The first-order valence-corrected chi connectivity index (χ1v) is 12.0. The molecule has 7 nitrogen and oxygen atoms in total. The van der Waals surface area contributed by atoms with Crippen molar-refractivity contribution in [2.75, 3.05) is 6.61 Å². The average molecular weight is 512 g/mol. The molecule has 1 aromatic rings. The van der Waals surface area contributed by atoms with Gasteiger partial charge in [-0.15, -0.1) is 11.8 Å². The lowest BCUT2D eigenvalue weighted by molar-refractivity contribution is -0.193. The van der Waals surface area contributed by atoms with E-state index in [9.17, 15) is 37.3 Å². The molecule has 0 amide bonds. The van der Waals surface area contributed by atoms with Crippen molar-refractivity contribution in [1.82, 2.24) is 5.01 Å². The third-order valence-electron chi connectivity index (χ3n) is 6.58. The summed E-state index contributed by atoms with van der Waals surface area (Å²) in [5.74, 6) is -7.20. The number of hydrogen-bond donors (Lipinski definition) is 3. The van der Waals surface area contributed by atoms with Gasteiger partial charge < -0.3 is 20.1 Å². The SMILES string of the molecule is CC1C(c2cc(F)c(F)c(F)c2)N=NN1C1C(O)[C@@H](SC2CCCC(F)(F)C2)OC(CO)[C@@H]1O. The van der Waals surface area contributed by atoms with Gasteiger partial charge in [0.15, 0.2) is 17.5 Å². The number of halogens is 5. The maximum atomic E-state index is 13.9. The summed E-state index contributed by atoms with van der Waals surface area (Å²) in [7, 11) is 0. The van der Waals surface area contributed by atoms with Crippen molar-refractivity contribution < 1.29 is 42.0 Å². The molecule has 0 bridgehead atoms. The van der Waals surface area contributed by atoms with Crippen LogP contribution in [0.4, 0.5) is 22.0 Å². The highest BCUT2D eigenvalue weighted by atomic mass is 32.2. The van der Waals surface area contributed by atoms with Gasteiger partial charge in [-0.25, -0.2) is 22.0 Å². The Morgan fingerprint density at radius 3 is 2.47 bits per heavy atom. The standard InChI is InChI=1S/C21H26F5N3O4S/c1-9-16(10-5-12(22)15(24)13(23)6-10)27-28-29(9)17-18(31)14(8-30)33-20(19(17)32)34-11-3-2-4-21(25,26)7-11/h5-6,9,11,14,16-20,30-32H,2-4,7-8H2,1H3/t9?,11?,14?,16?,17?,18-,19?,20+/m0/s1. The first kappa shape index (κ1) is 25.5. The second kappa shape index (κ2) is 9.84. The third-order valence-corrected chi connectivity index (χ3v) is 8.02. The minimum atomic E-state index is -2.81. The molecule has 1 aromatic carbocycles. The summed E-state index contributed by atoms with van der Waals surface area (Å²) in [4.78, 5) is 0. The zero-order chi connectivity index (χ0) is 24.8. The number of aliphatic hydroxyl groups is 3. The first-order chi connectivity index (χ1) is 16.0. The summed E-state index contributed by atoms with van der Waals surface area (Å²) in [5.41, 5.74) is -1.02. The number of thioether (sulfide) groups is 1. The van der Waals surface area contributed by atoms with Crippen LogP contribution in [0.1, 0.15) is 44.2 Å². The van der Waals surface area contributed by atoms with E-state index in [1.165, 1.54) is 5.01 Å². The molecule has 3 N–H and O–H groups in total. The minimum Gasteiger partial charge on any atom is -0.394 e. The molecule has 1 saturated heterocycles. The summed E-state index contributed by atoms with van der Waals surface area (Å²) in [6.07, 6.45) is -3.69. The van der Waals surface area contributed by atoms with Gasteiger partial charge in [0.05, 0.1) is 12.6 Å². The molecule has 2 heterocycles. The Labute approximate surface area is 197 Å². The molecule has 1 saturated carbocycles. The summed E-state index contributed by atoms with van der Waals surface area (Å²) < 4.78 is 74.2. The van der Waals surface area contributed by atoms with Crippen LogP contribution in [-0.2, 0) is 4.74 Å². The van der Waals surface area contributed by atoms with E-state index < -0.39 is 77.1 Å². The maximum Gasteiger partial charge on any atom is 0.249 e. The van der Waals surface area contributed by atoms with Gasteiger partial charge >= 0.3 is 0 Å². The molecule has 34 heavy (non-hydrogen) atoms. The molecule has 0 aromatic heterocycles. The highest BCUT2D eigenvalue weighted by molar-refractivity contribution is 8.00.